The van der Waals surface area contributed by atoms with Crippen LogP contribution in [-0.2, 0) is 0 Å². The Morgan fingerprint density at radius 1 is 1.19 bits per heavy atom. The number of rotatable bonds is 4. The third-order valence-corrected chi connectivity index (χ3v) is 3.47. The monoisotopic (exact) mass is 316 g/mol. The molecule has 2 aromatic rings. The number of halogens is 3. The summed E-state index contributed by atoms with van der Waals surface area (Å²) in [5.41, 5.74) is -0.910. The van der Waals surface area contributed by atoms with Crippen LogP contribution < -0.4 is 5.32 Å². The van der Waals surface area contributed by atoms with Gasteiger partial charge in [-0.05, 0) is 0 Å². The first-order valence-electron chi connectivity index (χ1n) is 5.46. The Hall–Kier alpha value is -2.42. The number of anilines is 2. The van der Waals surface area contributed by atoms with Crippen LogP contribution in [0.15, 0.2) is 12.1 Å². The van der Waals surface area contributed by atoms with Gasteiger partial charge in [0.15, 0.2) is 28.2 Å². The van der Waals surface area contributed by atoms with Crippen molar-refractivity contribution < 1.29 is 27.9 Å². The second kappa shape index (κ2) is 5.52. The van der Waals surface area contributed by atoms with E-state index in [2.05, 4.69) is 10.3 Å². The Bertz CT molecular complexity index is 714. The number of carboxylic acids is 1. The van der Waals surface area contributed by atoms with Crippen molar-refractivity contribution in [2.45, 2.75) is 6.92 Å². The molecular weight excluding hydrogens is 309 g/mol. The van der Waals surface area contributed by atoms with E-state index in [1.165, 1.54) is 0 Å². The van der Waals surface area contributed by atoms with Gasteiger partial charge < -0.3 is 10.4 Å². The van der Waals surface area contributed by atoms with Gasteiger partial charge in [0.05, 0.1) is 5.69 Å². The summed E-state index contributed by atoms with van der Waals surface area (Å²) in [6.45, 7) is 1.15. The minimum Gasteiger partial charge on any atom is -0.476 e. The van der Waals surface area contributed by atoms with Gasteiger partial charge in [-0.2, -0.15) is 0 Å². The third-order valence-electron chi connectivity index (χ3n) is 2.40. The number of Topliss-reactive ketones (excluding diaryl/α,β-unsaturated/α-hetero) is 1. The summed E-state index contributed by atoms with van der Waals surface area (Å²) in [7, 11) is 0. The van der Waals surface area contributed by atoms with Gasteiger partial charge in [0.25, 0.3) is 0 Å². The van der Waals surface area contributed by atoms with E-state index in [4.69, 9.17) is 5.11 Å². The summed E-state index contributed by atoms with van der Waals surface area (Å²) in [6, 6.07) is 0.912. The standard InChI is InChI=1S/C12H7F3N2O3S/c1-4(18)10-9(11(19)20)17-12(21-10)16-8-3-6(14)5(13)2-7(8)15/h2-3H,1H3,(H,16,17)(H,19,20). The molecule has 1 aromatic carbocycles. The predicted molar refractivity (Wildman–Crippen MR) is 68.7 cm³/mol. The molecule has 0 aliphatic rings. The molecule has 5 nitrogen and oxygen atoms in total. The van der Waals surface area contributed by atoms with E-state index in [9.17, 15) is 22.8 Å². The van der Waals surface area contributed by atoms with Crippen LogP contribution in [0.5, 0.6) is 0 Å². The lowest BCUT2D eigenvalue weighted by Crippen LogP contribution is -2.04. The average molecular weight is 316 g/mol. The number of benzene rings is 1. The van der Waals surface area contributed by atoms with Crippen LogP contribution in [0.25, 0.3) is 0 Å². The van der Waals surface area contributed by atoms with Crippen LogP contribution in [0.2, 0.25) is 0 Å². The predicted octanol–water partition coefficient (Wildman–Crippen LogP) is 3.20. The van der Waals surface area contributed by atoms with E-state index >= 15 is 0 Å². The average Bonchev–Trinajstić information content (AvgIpc) is 2.80. The number of hydrogen-bond donors (Lipinski definition) is 2. The van der Waals surface area contributed by atoms with Crippen LogP contribution in [-0.4, -0.2) is 21.8 Å². The van der Waals surface area contributed by atoms with Gasteiger partial charge in [0.1, 0.15) is 10.7 Å². The molecule has 1 aromatic heterocycles. The van der Waals surface area contributed by atoms with Gasteiger partial charge in [-0.3, -0.25) is 4.79 Å². The number of ketones is 1. The van der Waals surface area contributed by atoms with Crippen LogP contribution in [0.1, 0.15) is 27.1 Å². The Morgan fingerprint density at radius 2 is 1.81 bits per heavy atom. The van der Waals surface area contributed by atoms with Crippen molar-refractivity contribution in [2.75, 3.05) is 5.32 Å². The minimum atomic E-state index is -1.42. The number of nitrogens with one attached hydrogen (secondary N) is 1. The van der Waals surface area contributed by atoms with Gasteiger partial charge in [0, 0.05) is 19.1 Å². The summed E-state index contributed by atoms with van der Waals surface area (Å²) in [6.07, 6.45) is 0. The molecule has 0 bridgehead atoms. The molecule has 0 saturated carbocycles. The second-order valence-corrected chi connectivity index (χ2v) is 4.93. The number of thiazole rings is 1. The Morgan fingerprint density at radius 3 is 2.33 bits per heavy atom. The molecule has 0 saturated heterocycles. The van der Waals surface area contributed by atoms with Crippen molar-refractivity contribution >= 4 is 33.9 Å². The third kappa shape index (κ3) is 3.02. The van der Waals surface area contributed by atoms with E-state index in [1.54, 1.807) is 0 Å². The first kappa shape index (κ1) is 15.0. The van der Waals surface area contributed by atoms with E-state index in [0.717, 1.165) is 6.92 Å². The summed E-state index contributed by atoms with van der Waals surface area (Å²) in [5.74, 6) is -5.65. The molecule has 0 atom stereocenters. The fourth-order valence-electron chi connectivity index (χ4n) is 1.49. The molecule has 2 N–H and O–H groups in total. The number of carbonyl (C=O) groups excluding carboxylic acids is 1. The normalized spacial score (nSPS) is 10.5. The van der Waals surface area contributed by atoms with Gasteiger partial charge in [-0.25, -0.2) is 22.9 Å². The smallest absolute Gasteiger partial charge is 0.356 e. The fraction of sp³-hybridized carbons (Fsp3) is 0.0833. The van der Waals surface area contributed by atoms with Crippen LogP contribution in [0.4, 0.5) is 24.0 Å². The molecule has 0 aliphatic heterocycles. The summed E-state index contributed by atoms with van der Waals surface area (Å²) >= 11 is 0.674. The molecule has 0 amide bonds. The molecule has 0 fully saturated rings. The molecule has 0 spiro atoms. The van der Waals surface area contributed by atoms with Crippen molar-refractivity contribution in [1.82, 2.24) is 4.98 Å². The quantitative estimate of drug-likeness (QED) is 0.669. The zero-order chi connectivity index (χ0) is 15.7. The molecule has 110 valence electrons. The molecule has 1 heterocycles. The zero-order valence-electron chi connectivity index (χ0n) is 10.4. The molecule has 21 heavy (non-hydrogen) atoms. The van der Waals surface area contributed by atoms with Crippen molar-refractivity contribution in [3.05, 3.63) is 40.2 Å². The van der Waals surface area contributed by atoms with Crippen LogP contribution >= 0.6 is 11.3 Å². The van der Waals surface area contributed by atoms with Gasteiger partial charge in [0.2, 0.25) is 0 Å². The molecule has 0 radical (unpaired) electrons. The largest absolute Gasteiger partial charge is 0.476 e. The summed E-state index contributed by atoms with van der Waals surface area (Å²) < 4.78 is 39.3. The maximum Gasteiger partial charge on any atom is 0.356 e. The van der Waals surface area contributed by atoms with Crippen molar-refractivity contribution in [1.29, 1.82) is 0 Å². The van der Waals surface area contributed by atoms with Crippen molar-refractivity contribution in [2.24, 2.45) is 0 Å². The Balaban J connectivity index is 2.41. The summed E-state index contributed by atoms with van der Waals surface area (Å²) in [5, 5.41) is 11.1. The molecule has 2 rings (SSSR count). The zero-order valence-corrected chi connectivity index (χ0v) is 11.2. The van der Waals surface area contributed by atoms with Crippen molar-refractivity contribution in [3.63, 3.8) is 0 Å². The Labute approximate surface area is 120 Å². The summed E-state index contributed by atoms with van der Waals surface area (Å²) in [4.78, 5) is 25.7. The minimum absolute atomic E-state index is 0.123. The van der Waals surface area contributed by atoms with E-state index in [-0.39, 0.29) is 10.0 Å². The number of aromatic nitrogens is 1. The van der Waals surface area contributed by atoms with E-state index in [1.807, 2.05) is 0 Å². The van der Waals surface area contributed by atoms with Crippen molar-refractivity contribution in [3.8, 4) is 0 Å². The lowest BCUT2D eigenvalue weighted by molar-refractivity contribution is 0.0687. The maximum atomic E-state index is 13.5. The van der Waals surface area contributed by atoms with Crippen LogP contribution in [0, 0.1) is 17.5 Å². The topological polar surface area (TPSA) is 79.3 Å². The Kier molecular flexibility index (Phi) is 3.94. The number of nitrogens with zero attached hydrogens (tertiary/aromatic N) is 1. The van der Waals surface area contributed by atoms with E-state index in [0.29, 0.717) is 23.5 Å². The number of carboxylic acid groups (broad SMARTS) is 1. The van der Waals surface area contributed by atoms with Gasteiger partial charge in [-0.1, -0.05) is 11.3 Å². The first-order chi connectivity index (χ1) is 9.79. The first-order valence-corrected chi connectivity index (χ1v) is 6.28. The SMILES string of the molecule is CC(=O)c1sc(Nc2cc(F)c(F)cc2F)nc1C(=O)O. The maximum absolute atomic E-state index is 13.5. The molecule has 0 aliphatic carbocycles. The highest BCUT2D eigenvalue weighted by atomic mass is 32.1. The molecular formula is C12H7F3N2O3S. The van der Waals surface area contributed by atoms with E-state index < -0.39 is 40.6 Å². The van der Waals surface area contributed by atoms with Crippen LogP contribution in [0.3, 0.4) is 0 Å². The highest BCUT2D eigenvalue weighted by molar-refractivity contribution is 7.17. The lowest BCUT2D eigenvalue weighted by Gasteiger charge is -2.04. The number of hydrogen-bond acceptors (Lipinski definition) is 5. The highest BCUT2D eigenvalue weighted by Crippen LogP contribution is 2.28. The molecule has 0 unspecified atom stereocenters. The number of carbonyl (C=O) groups is 2. The lowest BCUT2D eigenvalue weighted by atomic mass is 10.3. The second-order valence-electron chi connectivity index (χ2n) is 3.93. The van der Waals surface area contributed by atoms with Gasteiger partial charge in [-0.15, -0.1) is 0 Å². The molecule has 9 heteroatoms. The number of aromatic carboxylic acids is 1. The highest BCUT2D eigenvalue weighted by Gasteiger charge is 2.21. The fourth-order valence-corrected chi connectivity index (χ4v) is 2.36. The van der Waals surface area contributed by atoms with Gasteiger partial charge >= 0.3 is 5.97 Å².